The molecule has 1 fully saturated rings. The van der Waals surface area contributed by atoms with Crippen LogP contribution in [0.4, 0.5) is 16.2 Å². The number of thioether (sulfide) groups is 1. The van der Waals surface area contributed by atoms with Gasteiger partial charge in [0, 0.05) is 29.4 Å². The minimum atomic E-state index is -0.560. The van der Waals surface area contributed by atoms with E-state index in [-0.39, 0.29) is 24.8 Å². The number of hydrogen-bond acceptors (Lipinski definition) is 8. The van der Waals surface area contributed by atoms with Gasteiger partial charge in [0.2, 0.25) is 17.7 Å². The minimum Gasteiger partial charge on any atom is -0.481 e. The van der Waals surface area contributed by atoms with Gasteiger partial charge in [0.15, 0.2) is 0 Å². The van der Waals surface area contributed by atoms with Crippen LogP contribution in [0.5, 0.6) is 5.88 Å². The Bertz CT molecular complexity index is 1320. The van der Waals surface area contributed by atoms with Gasteiger partial charge in [0.1, 0.15) is 6.10 Å². The highest BCUT2D eigenvalue weighted by Gasteiger charge is 2.34. The molecule has 35 heavy (non-hydrogen) atoms. The molecule has 1 saturated heterocycles. The second-order valence-electron chi connectivity index (χ2n) is 8.13. The second kappa shape index (κ2) is 9.79. The zero-order valence-electron chi connectivity index (χ0n) is 18.9. The van der Waals surface area contributed by atoms with E-state index in [2.05, 4.69) is 20.6 Å². The Morgan fingerprint density at radius 1 is 1.29 bits per heavy atom. The smallest absolute Gasteiger partial charge is 0.414 e. The number of ether oxygens (including phenoxy) is 2. The quantitative estimate of drug-likeness (QED) is 0.515. The maximum absolute atomic E-state index is 12.5. The monoisotopic (exact) mass is 493 g/mol. The molecule has 11 heteroatoms. The molecule has 10 nitrogen and oxygen atoms in total. The first-order valence-electron chi connectivity index (χ1n) is 11.1. The molecule has 2 aliphatic rings. The lowest BCUT2D eigenvalue weighted by Crippen LogP contribution is -2.31. The van der Waals surface area contributed by atoms with Crippen molar-refractivity contribution in [1.29, 1.82) is 0 Å². The summed E-state index contributed by atoms with van der Waals surface area (Å²) in [5, 5.41) is 5.71. The van der Waals surface area contributed by atoms with Crippen LogP contribution in [0, 0.1) is 0 Å². The molecule has 4 heterocycles. The minimum absolute atomic E-state index is 0.0585. The lowest BCUT2D eigenvalue weighted by Gasteiger charge is -2.19. The van der Waals surface area contributed by atoms with Crippen molar-refractivity contribution in [2.75, 3.05) is 36.2 Å². The van der Waals surface area contributed by atoms with Crippen molar-refractivity contribution in [3.05, 3.63) is 48.2 Å². The molecule has 2 N–H and O–H groups in total. The lowest BCUT2D eigenvalue weighted by atomic mass is 10.1. The number of carbonyl (C=O) groups excluding carboxylic acids is 3. The van der Waals surface area contributed by atoms with Crippen LogP contribution in [0.15, 0.2) is 47.5 Å². The predicted molar refractivity (Wildman–Crippen MR) is 131 cm³/mol. The molecule has 1 unspecified atom stereocenters. The molecule has 1 aromatic carbocycles. The summed E-state index contributed by atoms with van der Waals surface area (Å²) in [4.78, 5) is 47.8. The van der Waals surface area contributed by atoms with E-state index in [0.717, 1.165) is 21.5 Å². The van der Waals surface area contributed by atoms with Crippen molar-refractivity contribution >= 4 is 52.1 Å². The average Bonchev–Trinajstić information content (AvgIpc) is 3.22. The summed E-state index contributed by atoms with van der Waals surface area (Å²) in [5.74, 6) is 0.594. The third-order valence-corrected chi connectivity index (χ3v) is 6.84. The lowest BCUT2D eigenvalue weighted by molar-refractivity contribution is -0.122. The standard InChI is InChI=1S/C24H23N5O5S/c1-33-22-5-3-17-23(28-22)14(6-8-25-17)7-9-26-20(30)11-16-12-29(24(32)34-16)15-2-4-19-18(10-15)27-21(31)13-35-19/h2-6,8,10,16H,7,9,11-13H2,1H3,(H,26,30)(H,27,31). The van der Waals surface area contributed by atoms with Crippen LogP contribution in [0.25, 0.3) is 11.0 Å². The van der Waals surface area contributed by atoms with Crippen LogP contribution in [-0.2, 0) is 20.7 Å². The number of hydrogen-bond donors (Lipinski definition) is 2. The molecule has 5 rings (SSSR count). The molecular weight excluding hydrogens is 470 g/mol. The van der Waals surface area contributed by atoms with E-state index in [4.69, 9.17) is 9.47 Å². The Balaban J connectivity index is 1.16. The average molecular weight is 494 g/mol. The van der Waals surface area contributed by atoms with Gasteiger partial charge in [-0.05, 0) is 42.3 Å². The summed E-state index contributed by atoms with van der Waals surface area (Å²) in [6.07, 6.45) is 1.27. The number of anilines is 2. The Labute approximate surface area is 205 Å². The van der Waals surface area contributed by atoms with E-state index >= 15 is 0 Å². The van der Waals surface area contributed by atoms with Gasteiger partial charge >= 0.3 is 6.09 Å². The van der Waals surface area contributed by atoms with Crippen molar-refractivity contribution in [2.45, 2.75) is 23.8 Å². The third-order valence-electron chi connectivity index (χ3n) is 5.76. The number of nitrogens with one attached hydrogen (secondary N) is 2. The number of cyclic esters (lactones) is 1. The maximum atomic E-state index is 12.5. The zero-order valence-corrected chi connectivity index (χ0v) is 19.8. The van der Waals surface area contributed by atoms with Gasteiger partial charge in [-0.2, -0.15) is 0 Å². The third kappa shape index (κ3) is 4.99. The van der Waals surface area contributed by atoms with E-state index in [9.17, 15) is 14.4 Å². The van der Waals surface area contributed by atoms with Crippen LogP contribution in [0.3, 0.4) is 0 Å². The highest BCUT2D eigenvalue weighted by atomic mass is 32.2. The zero-order chi connectivity index (χ0) is 24.4. The van der Waals surface area contributed by atoms with Crippen LogP contribution >= 0.6 is 11.8 Å². The van der Waals surface area contributed by atoms with Gasteiger partial charge in [0.05, 0.1) is 42.5 Å². The molecule has 180 valence electrons. The molecule has 0 bridgehead atoms. The number of rotatable bonds is 7. The van der Waals surface area contributed by atoms with Gasteiger partial charge in [-0.25, -0.2) is 9.78 Å². The van der Waals surface area contributed by atoms with Crippen LogP contribution in [-0.4, -0.2) is 59.9 Å². The second-order valence-corrected chi connectivity index (χ2v) is 9.15. The molecule has 1 atom stereocenters. The van der Waals surface area contributed by atoms with Crippen molar-refractivity contribution in [1.82, 2.24) is 15.3 Å². The Kier molecular flexibility index (Phi) is 6.41. The normalized spacial score (nSPS) is 17.1. The molecule has 0 radical (unpaired) electrons. The number of benzene rings is 1. The number of amides is 3. The molecule has 3 aromatic rings. The van der Waals surface area contributed by atoms with E-state index in [1.807, 2.05) is 24.3 Å². The summed E-state index contributed by atoms with van der Waals surface area (Å²) >= 11 is 1.45. The largest absolute Gasteiger partial charge is 0.481 e. The van der Waals surface area contributed by atoms with Gasteiger partial charge in [-0.15, -0.1) is 11.8 Å². The first-order valence-corrected chi connectivity index (χ1v) is 12.1. The molecule has 0 aliphatic carbocycles. The van der Waals surface area contributed by atoms with E-state index in [0.29, 0.717) is 36.0 Å². The van der Waals surface area contributed by atoms with Gasteiger partial charge < -0.3 is 20.1 Å². The highest BCUT2D eigenvalue weighted by Crippen LogP contribution is 2.35. The Morgan fingerprint density at radius 2 is 2.17 bits per heavy atom. The number of nitrogens with zero attached hydrogens (tertiary/aromatic N) is 3. The van der Waals surface area contributed by atoms with Crippen molar-refractivity contribution in [3.8, 4) is 5.88 Å². The molecule has 0 saturated carbocycles. The number of carbonyl (C=O) groups is 3. The maximum Gasteiger partial charge on any atom is 0.414 e. The number of fused-ring (bicyclic) bond motifs is 2. The SMILES string of the molecule is COc1ccc2nccc(CCNC(=O)CC3CN(c4ccc5c(c4)NC(=O)CS5)C(=O)O3)c2n1. The molecule has 2 aromatic heterocycles. The molecule has 2 aliphatic heterocycles. The topological polar surface area (TPSA) is 123 Å². The fourth-order valence-electron chi connectivity index (χ4n) is 4.07. The van der Waals surface area contributed by atoms with E-state index < -0.39 is 12.2 Å². The van der Waals surface area contributed by atoms with Crippen molar-refractivity contribution in [3.63, 3.8) is 0 Å². The fraction of sp³-hybridized carbons (Fsp3) is 0.292. The molecular formula is C24H23N5O5S. The number of aromatic nitrogens is 2. The Hall–Kier alpha value is -3.86. The fourth-order valence-corrected chi connectivity index (χ4v) is 4.86. The summed E-state index contributed by atoms with van der Waals surface area (Å²) in [7, 11) is 1.56. The first kappa shape index (κ1) is 22.9. The van der Waals surface area contributed by atoms with Crippen molar-refractivity contribution < 1.29 is 23.9 Å². The van der Waals surface area contributed by atoms with Gasteiger partial charge in [-0.3, -0.25) is 19.5 Å². The number of pyridine rings is 2. The van der Waals surface area contributed by atoms with Crippen LogP contribution in [0.2, 0.25) is 0 Å². The van der Waals surface area contributed by atoms with Crippen LogP contribution < -0.4 is 20.3 Å². The first-order chi connectivity index (χ1) is 17.0. The van der Waals surface area contributed by atoms with Crippen molar-refractivity contribution in [2.24, 2.45) is 0 Å². The summed E-state index contributed by atoms with van der Waals surface area (Å²) < 4.78 is 10.6. The van der Waals surface area contributed by atoms with E-state index in [1.54, 1.807) is 25.4 Å². The summed E-state index contributed by atoms with van der Waals surface area (Å²) in [6, 6.07) is 10.9. The van der Waals surface area contributed by atoms with Crippen LogP contribution in [0.1, 0.15) is 12.0 Å². The van der Waals surface area contributed by atoms with E-state index in [1.165, 1.54) is 16.7 Å². The number of methoxy groups -OCH3 is 1. The predicted octanol–water partition coefficient (Wildman–Crippen LogP) is 2.76. The summed E-state index contributed by atoms with van der Waals surface area (Å²) in [6.45, 7) is 0.661. The highest BCUT2D eigenvalue weighted by molar-refractivity contribution is 8.00. The summed E-state index contributed by atoms with van der Waals surface area (Å²) in [5.41, 5.74) is 3.74. The molecule has 3 amide bonds. The molecule has 0 spiro atoms. The van der Waals surface area contributed by atoms with Gasteiger partial charge in [-0.1, -0.05) is 0 Å². The Morgan fingerprint density at radius 3 is 3.03 bits per heavy atom. The van der Waals surface area contributed by atoms with Gasteiger partial charge in [0.25, 0.3) is 0 Å².